The van der Waals surface area contributed by atoms with Crippen LogP contribution < -0.4 is 5.32 Å². The molecule has 142 valence electrons. The van der Waals surface area contributed by atoms with Gasteiger partial charge in [-0.1, -0.05) is 56.6 Å². The summed E-state index contributed by atoms with van der Waals surface area (Å²) < 4.78 is 1.73. The van der Waals surface area contributed by atoms with Gasteiger partial charge in [0.05, 0.1) is 5.69 Å². The number of carbonyl (C=O) groups excluding carboxylic acids is 1. The summed E-state index contributed by atoms with van der Waals surface area (Å²) in [7, 11) is 0. The molecule has 2 heterocycles. The Bertz CT molecular complexity index is 1140. The van der Waals surface area contributed by atoms with Crippen LogP contribution in [0.2, 0.25) is 5.02 Å². The maximum atomic E-state index is 12.6. The average molecular weight is 411 g/mol. The van der Waals surface area contributed by atoms with E-state index in [1.165, 1.54) is 16.9 Å². The normalized spacial score (nSPS) is 11.7. The molecule has 0 saturated heterocycles. The predicted octanol–water partition coefficient (Wildman–Crippen LogP) is 5.66. The van der Waals surface area contributed by atoms with Gasteiger partial charge < -0.3 is 0 Å². The fourth-order valence-corrected chi connectivity index (χ4v) is 3.81. The Morgan fingerprint density at radius 3 is 2.39 bits per heavy atom. The van der Waals surface area contributed by atoms with Gasteiger partial charge in [0, 0.05) is 21.5 Å². The number of nitrogens with zero attached hydrogens (tertiary/aromatic N) is 3. The number of benzene rings is 2. The van der Waals surface area contributed by atoms with Gasteiger partial charge >= 0.3 is 0 Å². The van der Waals surface area contributed by atoms with Crippen molar-refractivity contribution in [1.29, 1.82) is 0 Å². The van der Waals surface area contributed by atoms with Gasteiger partial charge in [-0.3, -0.25) is 10.1 Å². The lowest BCUT2D eigenvalue weighted by Gasteiger charge is -2.18. The molecule has 4 rings (SSSR count). The Labute approximate surface area is 172 Å². The largest absolute Gasteiger partial charge is 0.289 e. The van der Waals surface area contributed by atoms with Crippen molar-refractivity contribution >= 4 is 39.8 Å². The summed E-state index contributed by atoms with van der Waals surface area (Å²) in [6.07, 6.45) is 0. The second kappa shape index (κ2) is 7.04. The Hall–Kier alpha value is -2.70. The van der Waals surface area contributed by atoms with Gasteiger partial charge in [0.2, 0.25) is 4.96 Å². The van der Waals surface area contributed by atoms with Crippen LogP contribution in [0.5, 0.6) is 0 Å². The van der Waals surface area contributed by atoms with E-state index in [9.17, 15) is 4.79 Å². The molecular weight excluding hydrogens is 392 g/mol. The van der Waals surface area contributed by atoms with Gasteiger partial charge in [-0.25, -0.2) is 4.52 Å². The quantitative estimate of drug-likeness (QED) is 0.474. The number of fused-ring (bicyclic) bond motifs is 1. The van der Waals surface area contributed by atoms with E-state index in [2.05, 4.69) is 36.2 Å². The molecule has 0 unspecified atom stereocenters. The van der Waals surface area contributed by atoms with E-state index in [-0.39, 0.29) is 17.3 Å². The summed E-state index contributed by atoms with van der Waals surface area (Å²) in [5, 5.41) is 9.89. The number of rotatable bonds is 3. The third kappa shape index (κ3) is 3.66. The van der Waals surface area contributed by atoms with E-state index in [1.807, 2.05) is 53.9 Å². The van der Waals surface area contributed by atoms with Crippen molar-refractivity contribution < 1.29 is 4.79 Å². The third-order valence-electron chi connectivity index (χ3n) is 4.46. The molecule has 0 radical (unpaired) electrons. The molecule has 0 aliphatic rings. The topological polar surface area (TPSA) is 59.3 Å². The van der Waals surface area contributed by atoms with E-state index < -0.39 is 0 Å². The number of anilines is 1. The van der Waals surface area contributed by atoms with Crippen LogP contribution >= 0.6 is 22.9 Å². The zero-order chi connectivity index (χ0) is 19.9. The number of hydrogen-bond acceptors (Lipinski definition) is 4. The highest BCUT2D eigenvalue weighted by molar-refractivity contribution is 7.15. The average Bonchev–Trinajstić information content (AvgIpc) is 3.22. The summed E-state index contributed by atoms with van der Waals surface area (Å²) in [6.45, 7) is 6.42. The van der Waals surface area contributed by atoms with Crippen LogP contribution in [0, 0.1) is 0 Å². The number of amides is 1. The highest BCUT2D eigenvalue weighted by Gasteiger charge is 2.16. The highest BCUT2D eigenvalue weighted by Crippen LogP contribution is 2.27. The predicted molar refractivity (Wildman–Crippen MR) is 114 cm³/mol. The van der Waals surface area contributed by atoms with Crippen LogP contribution in [-0.2, 0) is 5.41 Å². The Balaban J connectivity index is 1.57. The van der Waals surface area contributed by atoms with Crippen LogP contribution in [-0.4, -0.2) is 20.5 Å². The first-order valence-electron chi connectivity index (χ1n) is 8.83. The van der Waals surface area contributed by atoms with E-state index >= 15 is 0 Å². The first-order valence-corrected chi connectivity index (χ1v) is 10.1. The maximum Gasteiger partial charge on any atom is 0.258 e. The number of hydrogen-bond donors (Lipinski definition) is 1. The third-order valence-corrected chi connectivity index (χ3v) is 5.53. The fraction of sp³-hybridized carbons (Fsp3) is 0.190. The molecular formula is C21H19ClN4OS. The van der Waals surface area contributed by atoms with Gasteiger partial charge in [-0.2, -0.15) is 4.98 Å². The van der Waals surface area contributed by atoms with Crippen LogP contribution in [0.4, 0.5) is 5.95 Å². The Morgan fingerprint density at radius 1 is 1.07 bits per heavy atom. The van der Waals surface area contributed by atoms with E-state index in [4.69, 9.17) is 11.6 Å². The summed E-state index contributed by atoms with van der Waals surface area (Å²) >= 11 is 7.43. The standard InChI is InChI=1S/C21H19ClN4OS/c1-21(2,3)15-8-4-14(5-9-15)18(27)23-19-24-20-26(25-19)17(12-28-20)13-6-10-16(22)11-7-13/h4-12H,1-3H3,(H,23,25,27). The van der Waals surface area contributed by atoms with Gasteiger partial charge in [0.25, 0.3) is 11.9 Å². The molecule has 0 aliphatic heterocycles. The molecule has 0 spiro atoms. The zero-order valence-corrected chi connectivity index (χ0v) is 17.3. The van der Waals surface area contributed by atoms with Crippen LogP contribution in [0.15, 0.2) is 53.9 Å². The van der Waals surface area contributed by atoms with Crippen molar-refractivity contribution in [3.05, 3.63) is 70.1 Å². The van der Waals surface area contributed by atoms with Crippen molar-refractivity contribution in [3.8, 4) is 11.3 Å². The van der Waals surface area contributed by atoms with Crippen molar-refractivity contribution in [2.75, 3.05) is 5.32 Å². The van der Waals surface area contributed by atoms with E-state index in [1.54, 1.807) is 4.52 Å². The molecule has 28 heavy (non-hydrogen) atoms. The number of thiazole rings is 1. The minimum Gasteiger partial charge on any atom is -0.289 e. The molecule has 0 fully saturated rings. The Kier molecular flexibility index (Phi) is 4.69. The highest BCUT2D eigenvalue weighted by atomic mass is 35.5. The molecule has 7 heteroatoms. The monoisotopic (exact) mass is 410 g/mol. The summed E-state index contributed by atoms with van der Waals surface area (Å²) in [5.74, 6) is 0.0544. The van der Waals surface area contributed by atoms with Crippen molar-refractivity contribution in [2.45, 2.75) is 26.2 Å². The molecule has 0 aliphatic carbocycles. The van der Waals surface area contributed by atoms with Crippen LogP contribution in [0.3, 0.4) is 0 Å². The molecule has 1 amide bonds. The minimum absolute atomic E-state index is 0.0445. The van der Waals surface area contributed by atoms with Crippen molar-refractivity contribution in [1.82, 2.24) is 14.6 Å². The number of aromatic nitrogens is 3. The minimum atomic E-state index is -0.230. The lowest BCUT2D eigenvalue weighted by Crippen LogP contribution is -2.15. The smallest absolute Gasteiger partial charge is 0.258 e. The van der Waals surface area contributed by atoms with Gasteiger partial charge in [0.1, 0.15) is 0 Å². The molecule has 0 bridgehead atoms. The number of nitrogens with one attached hydrogen (secondary N) is 1. The van der Waals surface area contributed by atoms with Crippen molar-refractivity contribution in [2.24, 2.45) is 0 Å². The zero-order valence-electron chi connectivity index (χ0n) is 15.7. The van der Waals surface area contributed by atoms with Crippen molar-refractivity contribution in [3.63, 3.8) is 0 Å². The molecule has 2 aromatic heterocycles. The maximum absolute atomic E-state index is 12.6. The molecule has 2 aromatic carbocycles. The first kappa shape index (κ1) is 18.7. The molecule has 0 saturated carbocycles. The van der Waals surface area contributed by atoms with E-state index in [0.29, 0.717) is 15.5 Å². The van der Waals surface area contributed by atoms with Gasteiger partial charge in [-0.15, -0.1) is 16.4 Å². The number of halogens is 1. The van der Waals surface area contributed by atoms with Gasteiger partial charge in [-0.05, 0) is 35.2 Å². The second-order valence-corrected chi connectivity index (χ2v) is 8.81. The summed E-state index contributed by atoms with van der Waals surface area (Å²) in [6, 6.07) is 15.1. The molecule has 4 aromatic rings. The molecule has 5 nitrogen and oxygen atoms in total. The van der Waals surface area contributed by atoms with Gasteiger partial charge in [0.15, 0.2) is 0 Å². The molecule has 0 atom stereocenters. The van der Waals surface area contributed by atoms with Crippen LogP contribution in [0.1, 0.15) is 36.7 Å². The molecule has 1 N–H and O–H groups in total. The summed E-state index contributed by atoms with van der Waals surface area (Å²) in [4.78, 5) is 17.7. The number of carbonyl (C=O) groups is 1. The van der Waals surface area contributed by atoms with Crippen LogP contribution in [0.25, 0.3) is 16.2 Å². The summed E-state index contributed by atoms with van der Waals surface area (Å²) in [5.41, 5.74) is 3.68. The second-order valence-electron chi connectivity index (χ2n) is 7.54. The lowest BCUT2D eigenvalue weighted by molar-refractivity contribution is 0.102. The van der Waals surface area contributed by atoms with E-state index in [0.717, 1.165) is 11.3 Å². The lowest BCUT2D eigenvalue weighted by atomic mass is 9.87. The Morgan fingerprint density at radius 2 is 1.75 bits per heavy atom. The SMILES string of the molecule is CC(C)(C)c1ccc(C(=O)Nc2nc3scc(-c4ccc(Cl)cc4)n3n2)cc1. The first-order chi connectivity index (χ1) is 13.3. The fourth-order valence-electron chi connectivity index (χ4n) is 2.85.